The summed E-state index contributed by atoms with van der Waals surface area (Å²) < 4.78 is 24.3. The van der Waals surface area contributed by atoms with Gasteiger partial charge in [0.1, 0.15) is 29.1 Å². The van der Waals surface area contributed by atoms with Crippen LogP contribution in [-0.4, -0.2) is 24.0 Å². The highest BCUT2D eigenvalue weighted by atomic mass is 35.5. The lowest BCUT2D eigenvalue weighted by atomic mass is 9.91. The number of rotatable bonds is 6. The van der Waals surface area contributed by atoms with E-state index in [4.69, 9.17) is 55.9 Å². The molecular weight excluding hydrogens is 673 g/mol. The molecule has 2 aliphatic rings. The Morgan fingerprint density at radius 1 is 0.652 bits per heavy atom. The van der Waals surface area contributed by atoms with Crippen molar-refractivity contribution in [1.82, 2.24) is 0 Å². The zero-order chi connectivity index (χ0) is 33.2. The molecule has 2 fully saturated rings. The molecule has 6 rings (SSSR count). The summed E-state index contributed by atoms with van der Waals surface area (Å²) in [5.41, 5.74) is 2.78. The highest BCUT2D eigenvalue weighted by Gasteiger charge is 2.46. The Labute approximate surface area is 287 Å². The lowest BCUT2D eigenvalue weighted by Crippen LogP contribution is -2.25. The summed E-state index contributed by atoms with van der Waals surface area (Å²) in [5.74, 6) is -1.06. The number of benzene rings is 4. The van der Waals surface area contributed by atoms with Crippen molar-refractivity contribution < 1.29 is 23.5 Å². The van der Waals surface area contributed by atoms with Gasteiger partial charge in [0.05, 0.1) is 10.7 Å². The molecule has 2 N–H and O–H groups in total. The first-order valence-electron chi connectivity index (χ1n) is 14.5. The Morgan fingerprint density at radius 2 is 1.09 bits per heavy atom. The van der Waals surface area contributed by atoms with E-state index in [0.717, 1.165) is 22.4 Å². The van der Waals surface area contributed by atoms with Gasteiger partial charge in [-0.25, -0.2) is 14.0 Å². The van der Waals surface area contributed by atoms with Gasteiger partial charge in [0, 0.05) is 33.6 Å². The molecule has 4 aromatic carbocycles. The van der Waals surface area contributed by atoms with Crippen LogP contribution in [-0.2, 0) is 30.3 Å². The number of hydrogen-bond donors (Lipinski definition) is 2. The van der Waals surface area contributed by atoms with Crippen molar-refractivity contribution in [3.63, 3.8) is 0 Å². The maximum atomic E-state index is 13.1. The summed E-state index contributed by atoms with van der Waals surface area (Å²) in [4.78, 5) is 24.5. The molecular formula is C35H31Cl4FN2O4. The van der Waals surface area contributed by atoms with Crippen molar-refractivity contribution in [3.05, 3.63) is 128 Å². The molecule has 0 amide bonds. The number of carbonyl (C=O) groups excluding carboxylic acids is 2. The van der Waals surface area contributed by atoms with E-state index in [0.29, 0.717) is 33.6 Å². The molecule has 46 heavy (non-hydrogen) atoms. The van der Waals surface area contributed by atoms with E-state index in [1.54, 1.807) is 30.3 Å². The molecule has 4 atom stereocenters. The van der Waals surface area contributed by atoms with E-state index in [9.17, 15) is 14.0 Å². The van der Waals surface area contributed by atoms with Crippen LogP contribution in [0.1, 0.15) is 43.4 Å². The Morgan fingerprint density at radius 3 is 1.54 bits per heavy atom. The maximum absolute atomic E-state index is 13.1. The van der Waals surface area contributed by atoms with Crippen LogP contribution in [0.3, 0.4) is 0 Å². The zero-order valence-electron chi connectivity index (χ0n) is 25.2. The maximum Gasteiger partial charge on any atom is 0.329 e. The molecule has 0 spiro atoms. The molecule has 0 radical (unpaired) electrons. The Hall–Kier alpha value is -3.49. The minimum absolute atomic E-state index is 0.220. The second-order valence-corrected chi connectivity index (χ2v) is 13.4. The molecule has 0 bridgehead atoms. The summed E-state index contributed by atoms with van der Waals surface area (Å²) >= 11 is 23.8. The Kier molecular flexibility index (Phi) is 10.1. The summed E-state index contributed by atoms with van der Waals surface area (Å²) in [7, 11) is 0. The number of ether oxygens (including phenoxy) is 2. The standard InChI is InChI=1S/C18H17Cl2NO2.C17H14Cl2FNO2/c1-11-9-14(20)7-8-15(11)21-16-10-18(2,23-17(16)22)12-3-5-13(19)6-4-12;1-17(10-2-4-11(18)5-3-10)9-15(16(22)23-17)21-14-7-6-12(20)8-13(14)19/h3-9,16,21H,10H2,1-2H3;2-8,15,21H,9H2,1H3. The second-order valence-electron chi connectivity index (χ2n) is 11.7. The summed E-state index contributed by atoms with van der Waals surface area (Å²) in [6.07, 6.45) is 0.983. The fourth-order valence-corrected chi connectivity index (χ4v) is 6.27. The predicted molar refractivity (Wildman–Crippen MR) is 181 cm³/mol. The molecule has 2 heterocycles. The third-order valence-electron chi connectivity index (χ3n) is 8.10. The average Bonchev–Trinajstić information content (AvgIpc) is 3.46. The van der Waals surface area contributed by atoms with E-state index in [-0.39, 0.29) is 17.0 Å². The largest absolute Gasteiger partial charge is 0.453 e. The number of cyclic esters (lactones) is 2. The van der Waals surface area contributed by atoms with Crippen LogP contribution >= 0.6 is 46.4 Å². The van der Waals surface area contributed by atoms with Gasteiger partial charge in [0.25, 0.3) is 0 Å². The minimum atomic E-state index is -0.744. The van der Waals surface area contributed by atoms with Crippen molar-refractivity contribution in [3.8, 4) is 0 Å². The van der Waals surface area contributed by atoms with Gasteiger partial charge in [-0.3, -0.25) is 0 Å². The fourth-order valence-electron chi connectivity index (χ4n) is 5.56. The lowest BCUT2D eigenvalue weighted by molar-refractivity contribution is -0.149. The van der Waals surface area contributed by atoms with Crippen LogP contribution < -0.4 is 10.6 Å². The number of carbonyl (C=O) groups is 2. The van der Waals surface area contributed by atoms with Crippen molar-refractivity contribution in [2.45, 2.75) is 56.9 Å². The van der Waals surface area contributed by atoms with E-state index in [1.807, 2.05) is 57.2 Å². The highest BCUT2D eigenvalue weighted by molar-refractivity contribution is 6.33. The van der Waals surface area contributed by atoms with Crippen LogP contribution in [0.15, 0.2) is 84.9 Å². The quantitative estimate of drug-likeness (QED) is 0.195. The van der Waals surface area contributed by atoms with Gasteiger partial charge in [-0.05, 0) is 98.1 Å². The first-order valence-corrected chi connectivity index (χ1v) is 16.0. The number of halogens is 5. The predicted octanol–water partition coefficient (Wildman–Crippen LogP) is 9.72. The van der Waals surface area contributed by atoms with Crippen LogP contribution in [0, 0.1) is 12.7 Å². The van der Waals surface area contributed by atoms with Gasteiger partial charge >= 0.3 is 11.9 Å². The van der Waals surface area contributed by atoms with Gasteiger partial charge < -0.3 is 20.1 Å². The van der Waals surface area contributed by atoms with E-state index in [1.165, 1.54) is 18.2 Å². The number of esters is 2. The molecule has 4 aromatic rings. The first-order chi connectivity index (χ1) is 21.7. The molecule has 6 nitrogen and oxygen atoms in total. The molecule has 2 aliphatic heterocycles. The van der Waals surface area contributed by atoms with E-state index in [2.05, 4.69) is 10.6 Å². The monoisotopic (exact) mass is 702 g/mol. The first kappa shape index (κ1) is 33.9. The molecule has 0 saturated carbocycles. The minimum Gasteiger partial charge on any atom is -0.453 e. The van der Waals surface area contributed by atoms with Crippen molar-refractivity contribution in [1.29, 1.82) is 0 Å². The number of nitrogens with one attached hydrogen (secondary N) is 2. The summed E-state index contributed by atoms with van der Waals surface area (Å²) in [6.45, 7) is 5.72. The highest BCUT2D eigenvalue weighted by Crippen LogP contribution is 2.40. The Bertz CT molecular complexity index is 1630. The number of aryl methyl sites for hydroxylation is 1. The van der Waals surface area contributed by atoms with Crippen molar-refractivity contribution >= 4 is 69.7 Å². The lowest BCUT2D eigenvalue weighted by Gasteiger charge is -2.23. The molecule has 2 saturated heterocycles. The normalized spacial score (nSPS) is 23.7. The third-order valence-corrected chi connectivity index (χ3v) is 9.15. The number of hydrogen-bond acceptors (Lipinski definition) is 6. The topological polar surface area (TPSA) is 76.7 Å². The summed E-state index contributed by atoms with van der Waals surface area (Å²) in [6, 6.07) is 23.2. The van der Waals surface area contributed by atoms with Gasteiger partial charge in [0.15, 0.2) is 0 Å². The molecule has 0 aromatic heterocycles. The van der Waals surface area contributed by atoms with Gasteiger partial charge in [-0.15, -0.1) is 0 Å². The van der Waals surface area contributed by atoms with Gasteiger partial charge in [-0.2, -0.15) is 0 Å². The van der Waals surface area contributed by atoms with Crippen LogP contribution in [0.25, 0.3) is 0 Å². The third kappa shape index (κ3) is 7.72. The molecule has 0 aliphatic carbocycles. The molecule has 11 heteroatoms. The smallest absolute Gasteiger partial charge is 0.329 e. The molecule has 240 valence electrons. The van der Waals surface area contributed by atoms with Gasteiger partial charge in [0.2, 0.25) is 0 Å². The van der Waals surface area contributed by atoms with Gasteiger partial charge in [-0.1, -0.05) is 70.7 Å². The van der Waals surface area contributed by atoms with Crippen molar-refractivity contribution in [2.24, 2.45) is 0 Å². The van der Waals surface area contributed by atoms with E-state index < -0.39 is 29.1 Å². The van der Waals surface area contributed by atoms with E-state index >= 15 is 0 Å². The molecule has 4 unspecified atom stereocenters. The number of anilines is 2. The van der Waals surface area contributed by atoms with Crippen molar-refractivity contribution in [2.75, 3.05) is 10.6 Å². The average molecular weight is 704 g/mol. The van der Waals surface area contributed by atoms with Crippen LogP contribution in [0.5, 0.6) is 0 Å². The SMILES string of the molecule is CC1(c2ccc(Cl)cc2)CC(Nc2ccc(F)cc2Cl)C(=O)O1.Cc1cc(Cl)ccc1NC1CC(C)(c2ccc(Cl)cc2)OC1=O. The van der Waals surface area contributed by atoms with Crippen LogP contribution in [0.2, 0.25) is 20.1 Å². The summed E-state index contributed by atoms with van der Waals surface area (Å²) in [5, 5.41) is 8.46. The van der Waals surface area contributed by atoms with Crippen LogP contribution in [0.4, 0.5) is 15.8 Å². The second kappa shape index (κ2) is 13.7. The fraction of sp³-hybridized carbons (Fsp3) is 0.257. The zero-order valence-corrected chi connectivity index (χ0v) is 28.2. The Balaban J connectivity index is 0.000000181.